The zero-order valence-corrected chi connectivity index (χ0v) is 9.70. The first-order chi connectivity index (χ1) is 5.07. The van der Waals surface area contributed by atoms with Gasteiger partial charge in [0.25, 0.3) is 0 Å². The summed E-state index contributed by atoms with van der Waals surface area (Å²) in [6.07, 6.45) is 7.15. The van der Waals surface area contributed by atoms with E-state index >= 15 is 0 Å². The van der Waals surface area contributed by atoms with Crippen molar-refractivity contribution < 1.29 is 39.5 Å². The van der Waals surface area contributed by atoms with Crippen LogP contribution in [0.5, 0.6) is 0 Å². The Balaban J connectivity index is 0.00000121. The minimum atomic E-state index is -1.01. The molecule has 0 heterocycles. The number of carbonyl (C=O) groups excluding carboxylic acids is 1. The van der Waals surface area contributed by atoms with Gasteiger partial charge >= 0.3 is 29.6 Å². The molecule has 12 heavy (non-hydrogen) atoms. The third-order valence-electron chi connectivity index (χ3n) is 2.34. The normalized spacial score (nSPS) is 32.7. The van der Waals surface area contributed by atoms with Crippen LogP contribution in [0.2, 0.25) is 0 Å². The smallest absolute Gasteiger partial charge is 0.549 e. The number of carbonyl (C=O) groups is 1. The van der Waals surface area contributed by atoms with Gasteiger partial charge in [-0.3, -0.25) is 0 Å². The molecular formula is C9H11NaO2. The van der Waals surface area contributed by atoms with Gasteiger partial charge in [0.2, 0.25) is 0 Å². The summed E-state index contributed by atoms with van der Waals surface area (Å²) in [5.41, 5.74) is -0.825. The minimum Gasteiger partial charge on any atom is -0.549 e. The molecule has 0 spiro atoms. The standard InChI is InChI=1S/C9H12O2.Na/c1-7-5-3-4-6-9(7,2)8(10)11;/h3-7H,1-2H3,(H,10,11);/q;+1/p-1. The molecule has 0 saturated heterocycles. The maximum atomic E-state index is 10.7. The van der Waals surface area contributed by atoms with Gasteiger partial charge in [-0.05, 0) is 5.92 Å². The fourth-order valence-corrected chi connectivity index (χ4v) is 1.09. The van der Waals surface area contributed by atoms with E-state index in [9.17, 15) is 9.90 Å². The van der Waals surface area contributed by atoms with Gasteiger partial charge in [0.1, 0.15) is 0 Å². The number of allylic oxidation sites excluding steroid dienone is 3. The van der Waals surface area contributed by atoms with Crippen molar-refractivity contribution >= 4 is 5.97 Å². The second-order valence-corrected chi connectivity index (χ2v) is 3.10. The molecule has 0 fully saturated rings. The van der Waals surface area contributed by atoms with Crippen LogP contribution < -0.4 is 34.7 Å². The molecule has 1 aliphatic carbocycles. The van der Waals surface area contributed by atoms with E-state index in [2.05, 4.69) is 0 Å². The summed E-state index contributed by atoms with van der Waals surface area (Å²) >= 11 is 0. The molecule has 60 valence electrons. The molecule has 0 radical (unpaired) electrons. The average molecular weight is 174 g/mol. The van der Waals surface area contributed by atoms with E-state index in [1.165, 1.54) is 0 Å². The van der Waals surface area contributed by atoms with Crippen LogP contribution in [0.1, 0.15) is 13.8 Å². The number of carboxylic acid groups (broad SMARTS) is 1. The van der Waals surface area contributed by atoms with Crippen molar-refractivity contribution in [2.45, 2.75) is 13.8 Å². The van der Waals surface area contributed by atoms with E-state index in [0.717, 1.165) is 0 Å². The molecule has 0 bridgehead atoms. The molecule has 0 aliphatic heterocycles. The molecule has 2 atom stereocenters. The van der Waals surface area contributed by atoms with Gasteiger partial charge in [-0.15, -0.1) is 0 Å². The van der Waals surface area contributed by atoms with Crippen molar-refractivity contribution in [3.05, 3.63) is 24.3 Å². The Morgan fingerprint density at radius 1 is 1.50 bits per heavy atom. The van der Waals surface area contributed by atoms with E-state index in [0.29, 0.717) is 0 Å². The molecule has 1 rings (SSSR count). The maximum Gasteiger partial charge on any atom is 1.00 e. The van der Waals surface area contributed by atoms with Crippen molar-refractivity contribution in [2.75, 3.05) is 0 Å². The molecule has 2 unspecified atom stereocenters. The predicted octanol–water partition coefficient (Wildman–Crippen LogP) is -2.49. The largest absolute Gasteiger partial charge is 1.00 e. The molecule has 0 amide bonds. The summed E-state index contributed by atoms with van der Waals surface area (Å²) in [5, 5.41) is 10.7. The summed E-state index contributed by atoms with van der Waals surface area (Å²) in [6.45, 7) is 3.54. The fourth-order valence-electron chi connectivity index (χ4n) is 1.09. The first-order valence-electron chi connectivity index (χ1n) is 3.65. The van der Waals surface area contributed by atoms with E-state index in [4.69, 9.17) is 0 Å². The van der Waals surface area contributed by atoms with E-state index in [-0.39, 0.29) is 35.5 Å². The number of aliphatic carboxylic acids is 1. The maximum absolute atomic E-state index is 10.7. The Kier molecular flexibility index (Phi) is 4.24. The van der Waals surface area contributed by atoms with Gasteiger partial charge in [-0.25, -0.2) is 0 Å². The Bertz CT molecular complexity index is 233. The van der Waals surface area contributed by atoms with Crippen LogP contribution in [0.3, 0.4) is 0 Å². The SMILES string of the molecule is CC1C=CC=CC1(C)C(=O)[O-].[Na+]. The van der Waals surface area contributed by atoms with Crippen LogP contribution in [0.4, 0.5) is 0 Å². The Morgan fingerprint density at radius 2 is 2.08 bits per heavy atom. The van der Waals surface area contributed by atoms with Gasteiger partial charge in [0.05, 0.1) is 5.97 Å². The summed E-state index contributed by atoms with van der Waals surface area (Å²) < 4.78 is 0. The average Bonchev–Trinajstić information content (AvgIpc) is 1.95. The Morgan fingerprint density at radius 3 is 2.42 bits per heavy atom. The molecule has 3 heteroatoms. The van der Waals surface area contributed by atoms with Crippen molar-refractivity contribution in [2.24, 2.45) is 11.3 Å². The summed E-state index contributed by atoms with van der Waals surface area (Å²) in [6, 6.07) is 0. The van der Waals surface area contributed by atoms with Gasteiger partial charge in [0.15, 0.2) is 0 Å². The van der Waals surface area contributed by atoms with Crippen LogP contribution in [0, 0.1) is 11.3 Å². The van der Waals surface area contributed by atoms with Gasteiger partial charge in [0, 0.05) is 5.41 Å². The third-order valence-corrected chi connectivity index (χ3v) is 2.34. The van der Waals surface area contributed by atoms with Crippen LogP contribution >= 0.6 is 0 Å². The van der Waals surface area contributed by atoms with Crippen molar-refractivity contribution in [3.8, 4) is 0 Å². The zero-order chi connectivity index (χ0) is 8.48. The second kappa shape index (κ2) is 4.26. The number of rotatable bonds is 1. The van der Waals surface area contributed by atoms with Crippen LogP contribution in [0.15, 0.2) is 24.3 Å². The summed E-state index contributed by atoms with van der Waals surface area (Å²) in [5.74, 6) is -0.997. The third kappa shape index (κ3) is 2.00. The topological polar surface area (TPSA) is 40.1 Å². The van der Waals surface area contributed by atoms with Crippen LogP contribution in [-0.2, 0) is 4.79 Å². The van der Waals surface area contributed by atoms with Crippen LogP contribution in [0.25, 0.3) is 0 Å². The van der Waals surface area contributed by atoms with E-state index in [1.54, 1.807) is 19.1 Å². The zero-order valence-electron chi connectivity index (χ0n) is 7.70. The van der Waals surface area contributed by atoms with Gasteiger partial charge < -0.3 is 9.90 Å². The predicted molar refractivity (Wildman–Crippen MR) is 40.6 cm³/mol. The van der Waals surface area contributed by atoms with Crippen LogP contribution in [-0.4, -0.2) is 5.97 Å². The molecule has 0 aromatic heterocycles. The van der Waals surface area contributed by atoms with E-state index < -0.39 is 11.4 Å². The van der Waals surface area contributed by atoms with Gasteiger partial charge in [-0.2, -0.15) is 0 Å². The Hall–Kier alpha value is -0.0500. The molecule has 1 aliphatic rings. The molecule has 2 nitrogen and oxygen atoms in total. The quantitative estimate of drug-likeness (QED) is 0.413. The second-order valence-electron chi connectivity index (χ2n) is 3.10. The molecule has 0 saturated carbocycles. The number of carboxylic acids is 1. The van der Waals surface area contributed by atoms with Crippen molar-refractivity contribution in [1.82, 2.24) is 0 Å². The molecular weight excluding hydrogens is 163 g/mol. The van der Waals surface area contributed by atoms with Crippen molar-refractivity contribution in [1.29, 1.82) is 0 Å². The first-order valence-corrected chi connectivity index (χ1v) is 3.65. The fraction of sp³-hybridized carbons (Fsp3) is 0.444. The van der Waals surface area contributed by atoms with E-state index in [1.807, 2.05) is 19.1 Å². The molecule has 0 N–H and O–H groups in total. The number of hydrogen-bond donors (Lipinski definition) is 0. The summed E-state index contributed by atoms with van der Waals surface area (Å²) in [7, 11) is 0. The first kappa shape index (κ1) is 11.9. The number of hydrogen-bond acceptors (Lipinski definition) is 2. The van der Waals surface area contributed by atoms with Gasteiger partial charge in [-0.1, -0.05) is 38.2 Å². The Labute approximate surface area is 94.6 Å². The summed E-state index contributed by atoms with van der Waals surface area (Å²) in [4.78, 5) is 10.7. The van der Waals surface area contributed by atoms with Crippen molar-refractivity contribution in [3.63, 3.8) is 0 Å². The molecule has 0 aromatic rings. The monoisotopic (exact) mass is 174 g/mol. The minimum absolute atomic E-state index is 0. The molecule has 0 aromatic carbocycles.